The molecule has 0 N–H and O–H groups in total. The van der Waals surface area contributed by atoms with Gasteiger partial charge in [-0.1, -0.05) is 29.5 Å². The fraction of sp³-hybridized carbons (Fsp3) is 0.227. The molecule has 0 saturated heterocycles. The van der Waals surface area contributed by atoms with Crippen LogP contribution in [0.1, 0.15) is 30.3 Å². The molecule has 0 saturated carbocycles. The molecule has 1 aromatic carbocycles. The Morgan fingerprint density at radius 1 is 1.26 bits per heavy atom. The summed E-state index contributed by atoms with van der Waals surface area (Å²) in [4.78, 5) is 32.5. The van der Waals surface area contributed by atoms with E-state index in [2.05, 4.69) is 20.9 Å². The highest BCUT2D eigenvalue weighted by molar-refractivity contribution is 9.11. The van der Waals surface area contributed by atoms with Crippen LogP contribution in [0.3, 0.4) is 0 Å². The van der Waals surface area contributed by atoms with E-state index in [1.807, 2.05) is 42.5 Å². The summed E-state index contributed by atoms with van der Waals surface area (Å²) in [7, 11) is 1.57. The predicted molar refractivity (Wildman–Crippen MR) is 125 cm³/mol. The number of halogens is 1. The predicted octanol–water partition coefficient (Wildman–Crippen LogP) is 3.63. The van der Waals surface area contributed by atoms with Crippen molar-refractivity contribution >= 4 is 50.6 Å². The zero-order valence-electron chi connectivity index (χ0n) is 17.0. The van der Waals surface area contributed by atoms with Crippen LogP contribution in [0.2, 0.25) is 0 Å². The van der Waals surface area contributed by atoms with Gasteiger partial charge in [0.2, 0.25) is 0 Å². The molecule has 0 aliphatic carbocycles. The number of thiazole rings is 1. The Morgan fingerprint density at radius 2 is 2.03 bits per heavy atom. The van der Waals surface area contributed by atoms with Crippen molar-refractivity contribution in [3.8, 4) is 5.75 Å². The minimum absolute atomic E-state index is 0.210. The molecule has 3 heterocycles. The van der Waals surface area contributed by atoms with Crippen LogP contribution in [0.15, 0.2) is 61.2 Å². The van der Waals surface area contributed by atoms with Crippen LogP contribution in [-0.4, -0.2) is 24.3 Å². The first-order chi connectivity index (χ1) is 14.9. The second kappa shape index (κ2) is 8.94. The molecule has 0 radical (unpaired) electrons. The highest BCUT2D eigenvalue weighted by Crippen LogP contribution is 2.35. The van der Waals surface area contributed by atoms with Crippen molar-refractivity contribution in [3.05, 3.63) is 81.6 Å². The number of para-hydroxylation sites is 1. The number of rotatable bonds is 5. The summed E-state index contributed by atoms with van der Waals surface area (Å²) in [6, 6.07) is 10.6. The quantitative estimate of drug-likeness (QED) is 0.483. The van der Waals surface area contributed by atoms with Gasteiger partial charge in [0.15, 0.2) is 4.80 Å². The van der Waals surface area contributed by atoms with Gasteiger partial charge in [-0.15, -0.1) is 11.3 Å². The maximum atomic E-state index is 13.5. The summed E-state index contributed by atoms with van der Waals surface area (Å²) in [6.45, 7) is 3.74. The highest BCUT2D eigenvalue weighted by Gasteiger charge is 2.34. The summed E-state index contributed by atoms with van der Waals surface area (Å²) in [6.07, 6.45) is 1.85. The first-order valence-corrected chi connectivity index (χ1v) is 11.9. The SMILES string of the molecule is CCOC(=O)C1=C(C)N=c2s/c(=C/c3ccc(Br)s3)c(=O)n2[C@H]1c1ccccc1OC. The van der Waals surface area contributed by atoms with Gasteiger partial charge in [-0.3, -0.25) is 9.36 Å². The van der Waals surface area contributed by atoms with E-state index in [0.29, 0.717) is 31.9 Å². The van der Waals surface area contributed by atoms with Gasteiger partial charge in [0.05, 0.1) is 33.3 Å². The van der Waals surface area contributed by atoms with Crippen LogP contribution < -0.4 is 19.6 Å². The zero-order valence-corrected chi connectivity index (χ0v) is 20.3. The number of methoxy groups -OCH3 is 1. The maximum absolute atomic E-state index is 13.5. The molecule has 3 aromatic rings. The molecule has 31 heavy (non-hydrogen) atoms. The smallest absolute Gasteiger partial charge is 0.338 e. The molecule has 9 heteroatoms. The monoisotopic (exact) mass is 518 g/mol. The van der Waals surface area contributed by atoms with Gasteiger partial charge in [0, 0.05) is 10.4 Å². The number of ether oxygens (including phenoxy) is 2. The van der Waals surface area contributed by atoms with Crippen molar-refractivity contribution < 1.29 is 14.3 Å². The zero-order chi connectivity index (χ0) is 22.1. The number of carbonyl (C=O) groups is 1. The molecule has 0 fully saturated rings. The molecular formula is C22H19BrN2O4S2. The Bertz CT molecular complexity index is 1370. The van der Waals surface area contributed by atoms with E-state index in [-0.39, 0.29) is 12.2 Å². The molecular weight excluding hydrogens is 500 g/mol. The van der Waals surface area contributed by atoms with Crippen molar-refractivity contribution in [2.24, 2.45) is 4.99 Å². The maximum Gasteiger partial charge on any atom is 0.338 e. The van der Waals surface area contributed by atoms with Crippen LogP contribution in [-0.2, 0) is 9.53 Å². The van der Waals surface area contributed by atoms with Gasteiger partial charge in [-0.05, 0) is 54.1 Å². The van der Waals surface area contributed by atoms with Crippen LogP contribution in [0.5, 0.6) is 5.75 Å². The van der Waals surface area contributed by atoms with Crippen LogP contribution in [0.25, 0.3) is 6.08 Å². The third kappa shape index (κ3) is 4.05. The number of carbonyl (C=O) groups excluding carboxylic acids is 1. The lowest BCUT2D eigenvalue weighted by atomic mass is 9.95. The number of esters is 1. The summed E-state index contributed by atoms with van der Waals surface area (Å²) in [5.41, 5.74) is 1.36. The first-order valence-electron chi connectivity index (χ1n) is 9.52. The first kappa shape index (κ1) is 21.7. The molecule has 1 aliphatic rings. The fourth-order valence-corrected chi connectivity index (χ4v) is 5.99. The van der Waals surface area contributed by atoms with Gasteiger partial charge in [-0.2, -0.15) is 0 Å². The number of nitrogens with zero attached hydrogens (tertiary/aromatic N) is 2. The number of aromatic nitrogens is 1. The van der Waals surface area contributed by atoms with E-state index in [1.54, 1.807) is 25.5 Å². The van der Waals surface area contributed by atoms with Gasteiger partial charge in [-0.25, -0.2) is 9.79 Å². The number of hydrogen-bond donors (Lipinski definition) is 0. The Labute approximate surface area is 194 Å². The standard InChI is InChI=1S/C22H19BrN2O4S2/c1-4-29-21(27)18-12(2)24-22-25(19(18)14-7-5-6-8-15(14)28-3)20(26)16(31-22)11-13-9-10-17(23)30-13/h5-11,19H,4H2,1-3H3/b16-11+/t19-/m0/s1. The van der Waals surface area contributed by atoms with E-state index in [0.717, 1.165) is 8.66 Å². The van der Waals surface area contributed by atoms with Gasteiger partial charge >= 0.3 is 5.97 Å². The Hall–Kier alpha value is -2.49. The number of hydrogen-bond acceptors (Lipinski definition) is 7. The van der Waals surface area contributed by atoms with Crippen molar-refractivity contribution in [2.45, 2.75) is 19.9 Å². The highest BCUT2D eigenvalue weighted by atomic mass is 79.9. The minimum Gasteiger partial charge on any atom is -0.496 e. The normalized spacial score (nSPS) is 16.1. The molecule has 2 aromatic heterocycles. The molecule has 0 spiro atoms. The topological polar surface area (TPSA) is 69.9 Å². The molecule has 1 atom stereocenters. The van der Waals surface area contributed by atoms with E-state index >= 15 is 0 Å². The third-order valence-corrected chi connectivity index (χ3v) is 7.37. The summed E-state index contributed by atoms with van der Waals surface area (Å²) >= 11 is 6.29. The lowest BCUT2D eigenvalue weighted by Crippen LogP contribution is -2.40. The summed E-state index contributed by atoms with van der Waals surface area (Å²) in [5.74, 6) is 0.0943. The molecule has 1 aliphatic heterocycles. The average molecular weight is 519 g/mol. The lowest BCUT2D eigenvalue weighted by molar-refractivity contribution is -0.139. The van der Waals surface area contributed by atoms with Crippen LogP contribution in [0.4, 0.5) is 0 Å². The number of fused-ring (bicyclic) bond motifs is 1. The lowest BCUT2D eigenvalue weighted by Gasteiger charge is -2.25. The second-order valence-electron chi connectivity index (χ2n) is 6.69. The van der Waals surface area contributed by atoms with Gasteiger partial charge < -0.3 is 9.47 Å². The van der Waals surface area contributed by atoms with E-state index in [9.17, 15) is 9.59 Å². The van der Waals surface area contributed by atoms with E-state index < -0.39 is 12.0 Å². The molecule has 4 rings (SSSR count). The summed E-state index contributed by atoms with van der Waals surface area (Å²) in [5, 5.41) is 0. The molecule has 6 nitrogen and oxygen atoms in total. The van der Waals surface area contributed by atoms with Crippen LogP contribution >= 0.6 is 38.6 Å². The van der Waals surface area contributed by atoms with Gasteiger partial charge in [0.25, 0.3) is 5.56 Å². The second-order valence-corrected chi connectivity index (χ2v) is 10.2. The average Bonchev–Trinajstić information content (AvgIpc) is 3.29. The molecule has 0 unspecified atom stereocenters. The largest absolute Gasteiger partial charge is 0.496 e. The van der Waals surface area contributed by atoms with Crippen molar-refractivity contribution in [3.63, 3.8) is 0 Å². The number of allylic oxidation sites excluding steroid dienone is 1. The molecule has 0 amide bonds. The Balaban J connectivity index is 2.00. The summed E-state index contributed by atoms with van der Waals surface area (Å²) < 4.78 is 14.0. The minimum atomic E-state index is -0.691. The van der Waals surface area contributed by atoms with Crippen molar-refractivity contribution in [1.82, 2.24) is 4.57 Å². The van der Waals surface area contributed by atoms with Gasteiger partial charge in [0.1, 0.15) is 11.8 Å². The van der Waals surface area contributed by atoms with E-state index in [4.69, 9.17) is 9.47 Å². The van der Waals surface area contributed by atoms with Crippen LogP contribution in [0, 0.1) is 0 Å². The van der Waals surface area contributed by atoms with E-state index in [1.165, 1.54) is 22.7 Å². The molecule has 0 bridgehead atoms. The van der Waals surface area contributed by atoms with Crippen molar-refractivity contribution in [2.75, 3.05) is 13.7 Å². The number of benzene rings is 1. The number of thiophene rings is 1. The third-order valence-electron chi connectivity index (χ3n) is 4.82. The fourth-order valence-electron chi connectivity index (χ4n) is 3.51. The van der Waals surface area contributed by atoms with Crippen molar-refractivity contribution in [1.29, 1.82) is 0 Å². The molecule has 160 valence electrons. The Morgan fingerprint density at radius 3 is 2.71 bits per heavy atom. The Kier molecular flexibility index (Phi) is 6.27.